The molecule has 0 atom stereocenters. The molecule has 0 bridgehead atoms. The summed E-state index contributed by atoms with van der Waals surface area (Å²) in [5.41, 5.74) is 4.96. The van der Waals surface area contributed by atoms with Crippen LogP contribution < -0.4 is 24.3 Å². The van der Waals surface area contributed by atoms with E-state index in [1.807, 2.05) is 39.6 Å². The van der Waals surface area contributed by atoms with Crippen molar-refractivity contribution in [2.24, 2.45) is 0 Å². The van der Waals surface area contributed by atoms with Crippen LogP contribution in [0.15, 0.2) is 84.9 Å². The zero-order valence-corrected chi connectivity index (χ0v) is 44.7. The van der Waals surface area contributed by atoms with E-state index in [1.165, 1.54) is 36.2 Å². The Labute approximate surface area is 474 Å². The van der Waals surface area contributed by atoms with E-state index >= 15 is 0 Å². The first-order chi connectivity index (χ1) is 35.3. The van der Waals surface area contributed by atoms with Crippen molar-refractivity contribution in [2.45, 2.75) is 32.6 Å². The molecular formula is C50H53IN6O17Tb+3. The van der Waals surface area contributed by atoms with E-state index < -0.39 is 75.2 Å². The first kappa shape index (κ1) is 60.9. The Kier molecular flexibility index (Phi) is 24.4. The molecule has 25 heteroatoms. The van der Waals surface area contributed by atoms with E-state index in [-0.39, 0.29) is 98.1 Å². The zero-order chi connectivity index (χ0) is 53.9. The molecule has 0 fully saturated rings. The average Bonchev–Trinajstić information content (AvgIpc) is 3.33. The van der Waals surface area contributed by atoms with Crippen LogP contribution in [0.2, 0.25) is 0 Å². The van der Waals surface area contributed by atoms with Crippen molar-refractivity contribution in [2.75, 3.05) is 69.9 Å². The number of nitrogens with one attached hydrogen (secondary N) is 1. The molecule has 7 N–H and O–H groups in total. The molecule has 398 valence electrons. The molecule has 0 aliphatic heterocycles. The van der Waals surface area contributed by atoms with Gasteiger partial charge in [-0.3, -0.25) is 48.6 Å². The third kappa shape index (κ3) is 20.5. The number of carboxylic acid groups (broad SMARTS) is 6. The molecule has 75 heavy (non-hydrogen) atoms. The van der Waals surface area contributed by atoms with Gasteiger partial charge in [0.1, 0.15) is 23.0 Å². The van der Waals surface area contributed by atoms with Gasteiger partial charge < -0.3 is 54.9 Å². The number of pyridine rings is 2. The number of halogens is 1. The van der Waals surface area contributed by atoms with Crippen molar-refractivity contribution >= 4 is 70.0 Å². The SMILES string of the molecule is COc1cc(OCC(=O)O)ccc1-c1cc(CN(CC(=O)O)CC(=O)O)nc(CN(CCc2ccc(NC(=O)CI)cc2)Cc2cc(-c3ccc(OCC(=O)O)cc3OC)cc(CN(CC(=O)O)CC(=O)O)n2)c1.[Tb+3]. The molecule has 0 aliphatic rings. The van der Waals surface area contributed by atoms with Crippen LogP contribution in [0.3, 0.4) is 0 Å². The van der Waals surface area contributed by atoms with E-state index in [2.05, 4.69) is 5.32 Å². The van der Waals surface area contributed by atoms with Crippen LogP contribution in [0.4, 0.5) is 5.69 Å². The predicted molar refractivity (Wildman–Crippen MR) is 272 cm³/mol. The number of hydrogen-bond donors (Lipinski definition) is 7. The molecular weight excluding hydrogens is 1240 g/mol. The molecule has 5 rings (SSSR count). The minimum absolute atomic E-state index is 0. The maximum Gasteiger partial charge on any atom is 3.00 e. The number of rotatable bonds is 31. The van der Waals surface area contributed by atoms with Crippen molar-refractivity contribution < 1.29 is 122 Å². The Morgan fingerprint density at radius 1 is 0.520 bits per heavy atom. The average molecular weight is 1300 g/mol. The summed E-state index contributed by atoms with van der Waals surface area (Å²) >= 11 is 1.96. The maximum absolute atomic E-state index is 12.1. The summed E-state index contributed by atoms with van der Waals surface area (Å²) in [6.45, 7) is -3.65. The quantitative estimate of drug-likeness (QED) is 0.0240. The number of carboxylic acids is 6. The van der Waals surface area contributed by atoms with Crippen LogP contribution >= 0.6 is 22.6 Å². The molecule has 5 aromatic rings. The van der Waals surface area contributed by atoms with E-state index in [1.54, 1.807) is 60.7 Å². The second-order valence-electron chi connectivity index (χ2n) is 16.5. The number of aromatic nitrogens is 2. The second kappa shape index (κ2) is 30.0. The summed E-state index contributed by atoms with van der Waals surface area (Å²) in [6, 6.07) is 23.5. The van der Waals surface area contributed by atoms with E-state index in [0.29, 0.717) is 63.7 Å². The van der Waals surface area contributed by atoms with Crippen molar-refractivity contribution in [1.29, 1.82) is 0 Å². The molecule has 2 heterocycles. The molecule has 0 unspecified atom stereocenters. The Morgan fingerprint density at radius 2 is 0.893 bits per heavy atom. The van der Waals surface area contributed by atoms with Crippen molar-refractivity contribution in [3.63, 3.8) is 0 Å². The fourth-order valence-electron chi connectivity index (χ4n) is 7.69. The van der Waals surface area contributed by atoms with E-state index in [9.17, 15) is 64.2 Å². The standard InChI is InChI=1S/C50H53IN6O17.Tb/c1-71-42-17-38(73-28-49(67)68)7-9-40(42)31-13-34(52-36(15-31)22-56(24-45(59)60)25-46(61)62)20-55(12-11-30-3-5-33(6-4-30)54-44(58)19-51)21-35-14-32(16-37(53-35)23-57(26-47(63)64)27-48(65)66)41-10-8-39(18-43(41)72-2)74-29-50(69)70;/h3-10,13-18H,11-12,19-29H2,1-2H3,(H,54,58)(H,59,60)(H,61,62)(H,63,64)(H,65,66)(H,67,68)(H,69,70);/q;+3. The third-order valence-electron chi connectivity index (χ3n) is 10.6. The number of alkyl halides is 1. The molecule has 0 saturated heterocycles. The van der Waals surface area contributed by atoms with Gasteiger partial charge in [-0.05, 0) is 83.8 Å². The minimum atomic E-state index is -1.27. The van der Waals surface area contributed by atoms with Crippen LogP contribution in [0, 0.1) is 38.6 Å². The van der Waals surface area contributed by atoms with Gasteiger partial charge in [0.2, 0.25) is 5.91 Å². The van der Waals surface area contributed by atoms with Gasteiger partial charge >= 0.3 is 74.4 Å². The molecule has 0 radical (unpaired) electrons. The molecule has 23 nitrogen and oxygen atoms in total. The summed E-state index contributed by atoms with van der Waals surface area (Å²) in [5.74, 6) is -6.66. The summed E-state index contributed by atoms with van der Waals surface area (Å²) < 4.78 is 22.4. The summed E-state index contributed by atoms with van der Waals surface area (Å²) in [4.78, 5) is 96.4. The fourth-order valence-corrected chi connectivity index (χ4v) is 7.88. The third-order valence-corrected chi connectivity index (χ3v) is 11.3. The number of carbonyl (C=O) groups is 7. The largest absolute Gasteiger partial charge is 3.00 e. The van der Waals surface area contributed by atoms with Crippen LogP contribution in [0.5, 0.6) is 23.0 Å². The summed E-state index contributed by atoms with van der Waals surface area (Å²) in [6.07, 6.45) is 0.437. The number of carbonyl (C=O) groups excluding carboxylic acids is 1. The van der Waals surface area contributed by atoms with Crippen molar-refractivity contribution in [1.82, 2.24) is 24.7 Å². The van der Waals surface area contributed by atoms with Gasteiger partial charge in [-0.15, -0.1) is 0 Å². The van der Waals surface area contributed by atoms with Gasteiger partial charge in [-0.1, -0.05) is 34.7 Å². The van der Waals surface area contributed by atoms with Crippen LogP contribution in [-0.2, 0) is 66.2 Å². The summed E-state index contributed by atoms with van der Waals surface area (Å²) in [7, 11) is 2.82. The van der Waals surface area contributed by atoms with Gasteiger partial charge in [0, 0.05) is 61.7 Å². The topological polar surface area (TPSA) is 325 Å². The van der Waals surface area contributed by atoms with Crippen LogP contribution in [-0.4, -0.2) is 162 Å². The maximum atomic E-state index is 12.1. The van der Waals surface area contributed by atoms with Gasteiger partial charge in [-0.25, -0.2) is 9.59 Å². The smallest absolute Gasteiger partial charge is 0.496 e. The minimum Gasteiger partial charge on any atom is -0.496 e. The van der Waals surface area contributed by atoms with Gasteiger partial charge in [0.05, 0.1) is 67.6 Å². The number of benzene rings is 3. The first-order valence-electron chi connectivity index (χ1n) is 22.3. The molecule has 2 aromatic heterocycles. The molecule has 0 aliphatic carbocycles. The molecule has 0 saturated carbocycles. The fraction of sp³-hybridized carbons (Fsp3) is 0.300. The van der Waals surface area contributed by atoms with Gasteiger partial charge in [-0.2, -0.15) is 0 Å². The molecule has 0 spiro atoms. The number of nitrogens with zero attached hydrogens (tertiary/aromatic N) is 5. The van der Waals surface area contributed by atoms with Crippen LogP contribution in [0.1, 0.15) is 28.3 Å². The normalized spacial score (nSPS) is 10.9. The number of amides is 1. The van der Waals surface area contributed by atoms with Crippen molar-refractivity contribution in [3.05, 3.63) is 113 Å². The number of hydrogen-bond acceptors (Lipinski definition) is 16. The van der Waals surface area contributed by atoms with Crippen molar-refractivity contribution in [3.8, 4) is 45.3 Å². The summed E-state index contributed by atoms with van der Waals surface area (Å²) in [5, 5.41) is 60.0. The Morgan fingerprint density at radius 3 is 1.23 bits per heavy atom. The van der Waals surface area contributed by atoms with Crippen LogP contribution in [0.25, 0.3) is 22.3 Å². The van der Waals surface area contributed by atoms with E-state index in [0.717, 1.165) is 5.56 Å². The number of aliphatic carboxylic acids is 6. The Bertz CT molecular complexity index is 2650. The Balaban J connectivity index is 0.0000122. The molecule has 3 aromatic carbocycles. The number of anilines is 1. The van der Waals surface area contributed by atoms with E-state index in [4.69, 9.17) is 28.9 Å². The van der Waals surface area contributed by atoms with Gasteiger partial charge in [0.25, 0.3) is 0 Å². The number of methoxy groups -OCH3 is 2. The molecule has 1 amide bonds. The zero-order valence-electron chi connectivity index (χ0n) is 40.4. The second-order valence-corrected chi connectivity index (χ2v) is 17.2. The first-order valence-corrected chi connectivity index (χ1v) is 23.9. The van der Waals surface area contributed by atoms with Gasteiger partial charge in [0.15, 0.2) is 13.2 Å². The Hall–Kier alpha value is -6.65. The number of ether oxygens (including phenoxy) is 4. The predicted octanol–water partition coefficient (Wildman–Crippen LogP) is 4.32. The monoisotopic (exact) mass is 1300 g/mol.